The van der Waals surface area contributed by atoms with E-state index in [9.17, 15) is 4.79 Å². The first-order chi connectivity index (χ1) is 9.92. The predicted octanol–water partition coefficient (Wildman–Crippen LogP) is 2.30. The Labute approximate surface area is 123 Å². The summed E-state index contributed by atoms with van der Waals surface area (Å²) in [6, 6.07) is 3.92. The van der Waals surface area contributed by atoms with E-state index in [1.165, 1.54) is 0 Å². The Morgan fingerprint density at radius 3 is 2.86 bits per heavy atom. The van der Waals surface area contributed by atoms with Gasteiger partial charge in [-0.3, -0.25) is 0 Å². The molecule has 3 rings (SSSR count). The highest BCUT2D eigenvalue weighted by Gasteiger charge is 2.33. The molecule has 1 aliphatic heterocycles. The van der Waals surface area contributed by atoms with Crippen LogP contribution in [0.15, 0.2) is 24.7 Å². The number of fused-ring (bicyclic) bond motifs is 1. The van der Waals surface area contributed by atoms with Gasteiger partial charge in [-0.25, -0.2) is 14.8 Å². The van der Waals surface area contributed by atoms with Crippen molar-refractivity contribution in [2.75, 3.05) is 13.1 Å². The minimum absolute atomic E-state index is 0.226. The number of hydrogen-bond acceptors (Lipinski definition) is 4. The van der Waals surface area contributed by atoms with Crippen molar-refractivity contribution in [3.8, 4) is 0 Å². The monoisotopic (exact) mass is 288 g/mol. The van der Waals surface area contributed by atoms with Gasteiger partial charge in [0, 0.05) is 31.7 Å². The number of rotatable bonds is 2. The van der Waals surface area contributed by atoms with Gasteiger partial charge >= 0.3 is 6.09 Å². The van der Waals surface area contributed by atoms with Crippen LogP contribution in [0.4, 0.5) is 4.79 Å². The fourth-order valence-corrected chi connectivity index (χ4v) is 2.48. The first-order valence-corrected chi connectivity index (χ1v) is 7.16. The highest BCUT2D eigenvalue weighted by atomic mass is 16.6. The van der Waals surface area contributed by atoms with Gasteiger partial charge in [0.2, 0.25) is 0 Å². The summed E-state index contributed by atoms with van der Waals surface area (Å²) in [5, 5.41) is 0. The Hall–Kier alpha value is -2.11. The Morgan fingerprint density at radius 1 is 1.38 bits per heavy atom. The van der Waals surface area contributed by atoms with Gasteiger partial charge in [-0.2, -0.15) is 0 Å². The van der Waals surface area contributed by atoms with E-state index in [1.807, 2.05) is 39.2 Å². The van der Waals surface area contributed by atoms with Crippen molar-refractivity contribution >= 4 is 17.3 Å². The Balaban J connectivity index is 1.57. The molecule has 112 valence electrons. The van der Waals surface area contributed by atoms with E-state index in [4.69, 9.17) is 4.74 Å². The second kappa shape index (κ2) is 5.02. The zero-order chi connectivity index (χ0) is 15.0. The number of carbonyl (C=O) groups excluding carboxylic acids is 1. The van der Waals surface area contributed by atoms with Gasteiger partial charge in [-0.15, -0.1) is 0 Å². The van der Waals surface area contributed by atoms with Crippen LogP contribution < -0.4 is 0 Å². The average molecular weight is 288 g/mol. The number of nitrogens with zero attached hydrogens (tertiary/aromatic N) is 4. The van der Waals surface area contributed by atoms with Gasteiger partial charge in [0.1, 0.15) is 5.60 Å². The van der Waals surface area contributed by atoms with Crippen molar-refractivity contribution in [3.05, 3.63) is 24.7 Å². The summed E-state index contributed by atoms with van der Waals surface area (Å²) in [4.78, 5) is 22.1. The van der Waals surface area contributed by atoms with E-state index < -0.39 is 5.60 Å². The van der Waals surface area contributed by atoms with E-state index in [-0.39, 0.29) is 6.09 Å². The van der Waals surface area contributed by atoms with Gasteiger partial charge in [0.25, 0.3) is 0 Å². The van der Waals surface area contributed by atoms with Gasteiger partial charge < -0.3 is 14.2 Å². The molecule has 0 N–H and O–H groups in total. The second-order valence-corrected chi connectivity index (χ2v) is 6.49. The van der Waals surface area contributed by atoms with E-state index in [0.717, 1.165) is 30.8 Å². The smallest absolute Gasteiger partial charge is 0.410 e. The highest BCUT2D eigenvalue weighted by Crippen LogP contribution is 2.22. The number of likely N-dealkylation sites (tertiary alicyclic amines) is 1. The molecule has 0 radical (unpaired) electrons. The standard InChI is InChI=1S/C15H20N4O2/c1-15(2,3)21-14(20)18-7-11(8-18)9-19-10-17-13-12(19)5-4-6-16-13/h4-6,10-11H,7-9H2,1-3H3. The Morgan fingerprint density at radius 2 is 2.14 bits per heavy atom. The van der Waals surface area contributed by atoms with Crippen LogP contribution in [-0.2, 0) is 11.3 Å². The largest absolute Gasteiger partial charge is 0.444 e. The molecule has 0 bridgehead atoms. The van der Waals surface area contributed by atoms with E-state index in [1.54, 1.807) is 11.1 Å². The van der Waals surface area contributed by atoms with E-state index in [0.29, 0.717) is 5.92 Å². The maximum atomic E-state index is 11.9. The molecule has 1 aliphatic rings. The number of aromatic nitrogens is 3. The summed E-state index contributed by atoms with van der Waals surface area (Å²) in [5.74, 6) is 0.440. The molecule has 3 heterocycles. The summed E-state index contributed by atoms with van der Waals surface area (Å²) >= 11 is 0. The van der Waals surface area contributed by atoms with Crippen LogP contribution in [0, 0.1) is 5.92 Å². The quantitative estimate of drug-likeness (QED) is 0.850. The Bertz CT molecular complexity index is 653. The number of pyridine rings is 1. The lowest BCUT2D eigenvalue weighted by atomic mass is 10.0. The lowest BCUT2D eigenvalue weighted by Gasteiger charge is -2.39. The molecule has 6 heteroatoms. The maximum absolute atomic E-state index is 11.9. The fraction of sp³-hybridized carbons (Fsp3) is 0.533. The molecule has 2 aromatic heterocycles. The maximum Gasteiger partial charge on any atom is 0.410 e. The topological polar surface area (TPSA) is 60.2 Å². The summed E-state index contributed by atoms with van der Waals surface area (Å²) in [7, 11) is 0. The van der Waals surface area contributed by atoms with Crippen LogP contribution in [-0.4, -0.2) is 44.2 Å². The summed E-state index contributed by atoms with van der Waals surface area (Å²) < 4.78 is 7.45. The lowest BCUT2D eigenvalue weighted by Crippen LogP contribution is -2.52. The molecular formula is C15H20N4O2. The number of hydrogen-bond donors (Lipinski definition) is 0. The van der Waals surface area contributed by atoms with Crippen LogP contribution >= 0.6 is 0 Å². The predicted molar refractivity (Wildman–Crippen MR) is 78.8 cm³/mol. The van der Waals surface area contributed by atoms with Gasteiger partial charge in [-0.1, -0.05) is 0 Å². The lowest BCUT2D eigenvalue weighted by molar-refractivity contribution is -0.00317. The van der Waals surface area contributed by atoms with Crippen LogP contribution in [0.25, 0.3) is 11.2 Å². The van der Waals surface area contributed by atoms with Crippen LogP contribution in [0.1, 0.15) is 20.8 Å². The third-order valence-corrected chi connectivity index (χ3v) is 3.46. The molecule has 1 amide bonds. The van der Waals surface area contributed by atoms with Crippen LogP contribution in [0.5, 0.6) is 0 Å². The summed E-state index contributed by atoms with van der Waals surface area (Å²) in [5.41, 5.74) is 1.36. The molecular weight excluding hydrogens is 268 g/mol. The Kier molecular flexibility index (Phi) is 3.31. The van der Waals surface area contributed by atoms with E-state index in [2.05, 4.69) is 14.5 Å². The van der Waals surface area contributed by atoms with Crippen molar-refractivity contribution < 1.29 is 9.53 Å². The SMILES string of the molecule is CC(C)(C)OC(=O)N1CC(Cn2cnc3ncccc32)C1. The zero-order valence-corrected chi connectivity index (χ0v) is 12.6. The summed E-state index contributed by atoms with van der Waals surface area (Å²) in [6.45, 7) is 7.96. The number of ether oxygens (including phenoxy) is 1. The zero-order valence-electron chi connectivity index (χ0n) is 12.6. The van der Waals surface area contributed by atoms with Gasteiger partial charge in [-0.05, 0) is 32.9 Å². The minimum atomic E-state index is -0.436. The normalized spacial score (nSPS) is 16.0. The molecule has 0 aliphatic carbocycles. The number of amides is 1. The molecule has 0 saturated carbocycles. The first-order valence-electron chi connectivity index (χ1n) is 7.16. The molecule has 1 fully saturated rings. The second-order valence-electron chi connectivity index (χ2n) is 6.49. The molecule has 21 heavy (non-hydrogen) atoms. The van der Waals surface area contributed by atoms with Crippen molar-refractivity contribution in [2.24, 2.45) is 5.92 Å². The minimum Gasteiger partial charge on any atom is -0.444 e. The number of imidazole rings is 1. The third kappa shape index (κ3) is 2.99. The molecule has 0 spiro atoms. The van der Waals surface area contributed by atoms with Crippen LogP contribution in [0.3, 0.4) is 0 Å². The highest BCUT2D eigenvalue weighted by molar-refractivity contribution is 5.70. The van der Waals surface area contributed by atoms with Crippen molar-refractivity contribution in [1.29, 1.82) is 0 Å². The molecule has 0 atom stereocenters. The van der Waals surface area contributed by atoms with E-state index >= 15 is 0 Å². The summed E-state index contributed by atoms with van der Waals surface area (Å²) in [6.07, 6.45) is 3.33. The van der Waals surface area contributed by atoms with Crippen molar-refractivity contribution in [3.63, 3.8) is 0 Å². The van der Waals surface area contributed by atoms with Crippen LogP contribution in [0.2, 0.25) is 0 Å². The molecule has 0 unspecified atom stereocenters. The molecule has 2 aromatic rings. The molecule has 1 saturated heterocycles. The van der Waals surface area contributed by atoms with Crippen molar-refractivity contribution in [1.82, 2.24) is 19.4 Å². The fourth-order valence-electron chi connectivity index (χ4n) is 2.48. The molecule has 0 aromatic carbocycles. The molecule has 6 nitrogen and oxygen atoms in total. The first kappa shape index (κ1) is 13.9. The third-order valence-electron chi connectivity index (χ3n) is 3.46. The number of carbonyl (C=O) groups is 1. The van der Waals surface area contributed by atoms with Crippen molar-refractivity contribution in [2.45, 2.75) is 32.9 Å². The average Bonchev–Trinajstić information content (AvgIpc) is 2.74. The van der Waals surface area contributed by atoms with Gasteiger partial charge in [0.05, 0.1) is 11.8 Å². The van der Waals surface area contributed by atoms with Gasteiger partial charge in [0.15, 0.2) is 5.65 Å².